The fourth-order valence-corrected chi connectivity index (χ4v) is 2.89. The summed E-state index contributed by atoms with van der Waals surface area (Å²) in [5, 5.41) is 0. The Morgan fingerprint density at radius 2 is 1.83 bits per heavy atom. The molecule has 24 heavy (non-hydrogen) atoms. The summed E-state index contributed by atoms with van der Waals surface area (Å²) in [6, 6.07) is 3.65. The van der Waals surface area contributed by atoms with Crippen molar-refractivity contribution >= 4 is 29.9 Å². The number of halogens is 1. The number of ether oxygens (including phenoxy) is 3. The van der Waals surface area contributed by atoms with Crippen molar-refractivity contribution in [2.75, 3.05) is 34.4 Å². The molecule has 1 heterocycles. The van der Waals surface area contributed by atoms with Crippen molar-refractivity contribution < 1.29 is 14.2 Å². The van der Waals surface area contributed by atoms with Crippen molar-refractivity contribution in [2.24, 2.45) is 16.6 Å². The minimum atomic E-state index is 0. The van der Waals surface area contributed by atoms with Gasteiger partial charge in [0.2, 0.25) is 0 Å². The Balaban J connectivity index is 0.00000288. The fourth-order valence-electron chi connectivity index (χ4n) is 2.89. The Hall–Kier alpha value is -1.38. The van der Waals surface area contributed by atoms with E-state index in [9.17, 15) is 0 Å². The molecule has 1 aromatic carbocycles. The molecule has 6 nitrogen and oxygen atoms in total. The Kier molecular flexibility index (Phi) is 8.44. The van der Waals surface area contributed by atoms with Gasteiger partial charge in [-0.25, -0.2) is 4.99 Å². The van der Waals surface area contributed by atoms with Crippen LogP contribution in [0, 0.1) is 5.92 Å². The molecular formula is C17H28IN3O3. The number of nitrogens with zero attached hydrogens (tertiary/aromatic N) is 2. The summed E-state index contributed by atoms with van der Waals surface area (Å²) >= 11 is 0. The van der Waals surface area contributed by atoms with Crippen LogP contribution in [0.1, 0.15) is 25.3 Å². The zero-order chi connectivity index (χ0) is 16.8. The van der Waals surface area contributed by atoms with Crippen LogP contribution in [0.5, 0.6) is 17.2 Å². The topological polar surface area (TPSA) is 69.3 Å². The second kappa shape index (κ2) is 9.80. The fraction of sp³-hybridized carbons (Fsp3) is 0.588. The smallest absolute Gasteiger partial charge is 0.191 e. The maximum absolute atomic E-state index is 6.17. The summed E-state index contributed by atoms with van der Waals surface area (Å²) in [5.41, 5.74) is 7.03. The maximum Gasteiger partial charge on any atom is 0.191 e. The first kappa shape index (κ1) is 20.7. The lowest BCUT2D eigenvalue weighted by atomic mass is 10.0. The van der Waals surface area contributed by atoms with Crippen LogP contribution in [0.3, 0.4) is 0 Å². The van der Waals surface area contributed by atoms with Crippen LogP contribution in [0.2, 0.25) is 0 Å². The third-order valence-electron chi connectivity index (χ3n) is 4.20. The number of rotatable bonds is 5. The molecular weight excluding hydrogens is 421 g/mol. The average molecular weight is 449 g/mol. The summed E-state index contributed by atoms with van der Waals surface area (Å²) < 4.78 is 16.1. The first-order valence-corrected chi connectivity index (χ1v) is 7.92. The third-order valence-corrected chi connectivity index (χ3v) is 4.20. The highest BCUT2D eigenvalue weighted by atomic mass is 127. The van der Waals surface area contributed by atoms with Gasteiger partial charge in [0.25, 0.3) is 0 Å². The van der Waals surface area contributed by atoms with Gasteiger partial charge in [-0.3, -0.25) is 0 Å². The predicted molar refractivity (Wildman–Crippen MR) is 107 cm³/mol. The number of hydrogen-bond donors (Lipinski definition) is 1. The standard InChI is InChI=1S/C17H27N3O3.HI/c1-12-6-5-7-20(11-12)17(18)19-10-14-15(22-3)8-13(21-2)9-16(14)23-4;/h8-9,12H,5-7,10-11H2,1-4H3,(H2,18,19);1H. The van der Waals surface area contributed by atoms with Crippen LogP contribution in [-0.2, 0) is 6.54 Å². The Morgan fingerprint density at radius 3 is 2.33 bits per heavy atom. The van der Waals surface area contributed by atoms with Crippen molar-refractivity contribution in [3.63, 3.8) is 0 Å². The van der Waals surface area contributed by atoms with Gasteiger partial charge in [0, 0.05) is 25.2 Å². The van der Waals surface area contributed by atoms with Gasteiger partial charge < -0.3 is 24.8 Å². The van der Waals surface area contributed by atoms with Gasteiger partial charge in [0.1, 0.15) is 17.2 Å². The van der Waals surface area contributed by atoms with Crippen molar-refractivity contribution in [3.05, 3.63) is 17.7 Å². The summed E-state index contributed by atoms with van der Waals surface area (Å²) in [6.45, 7) is 4.59. The molecule has 0 saturated carbocycles. The third kappa shape index (κ3) is 5.06. The van der Waals surface area contributed by atoms with Gasteiger partial charge in [0.15, 0.2) is 5.96 Å². The molecule has 0 amide bonds. The lowest BCUT2D eigenvalue weighted by Crippen LogP contribution is -2.43. The molecule has 0 bridgehead atoms. The SMILES string of the molecule is COc1cc(OC)c(CN=C(N)N2CCCC(C)C2)c(OC)c1.I. The second-order valence-electron chi connectivity index (χ2n) is 5.88. The van der Waals surface area contributed by atoms with Gasteiger partial charge in [-0.05, 0) is 18.8 Å². The van der Waals surface area contributed by atoms with Gasteiger partial charge in [0.05, 0.1) is 33.4 Å². The van der Waals surface area contributed by atoms with Crippen molar-refractivity contribution in [2.45, 2.75) is 26.3 Å². The molecule has 1 saturated heterocycles. The first-order valence-electron chi connectivity index (χ1n) is 7.92. The molecule has 136 valence electrons. The van der Waals surface area contributed by atoms with Crippen LogP contribution in [0.4, 0.5) is 0 Å². The number of likely N-dealkylation sites (tertiary alicyclic amines) is 1. The first-order chi connectivity index (χ1) is 11.1. The maximum atomic E-state index is 6.17. The van der Waals surface area contributed by atoms with Crippen LogP contribution < -0.4 is 19.9 Å². The number of aliphatic imine (C=N–C) groups is 1. The van der Waals surface area contributed by atoms with Crippen molar-refractivity contribution in [3.8, 4) is 17.2 Å². The van der Waals surface area contributed by atoms with E-state index in [1.54, 1.807) is 21.3 Å². The van der Waals surface area contributed by atoms with E-state index in [1.807, 2.05) is 12.1 Å². The molecule has 1 aliphatic heterocycles. The summed E-state index contributed by atoms with van der Waals surface area (Å²) in [7, 11) is 4.86. The lowest BCUT2D eigenvalue weighted by Gasteiger charge is -2.31. The van der Waals surface area contributed by atoms with E-state index in [0.29, 0.717) is 35.7 Å². The number of nitrogens with two attached hydrogens (primary N) is 1. The number of methoxy groups -OCH3 is 3. The lowest BCUT2D eigenvalue weighted by molar-refractivity contribution is 0.270. The average Bonchev–Trinajstić information content (AvgIpc) is 2.58. The number of guanidine groups is 1. The van der Waals surface area contributed by atoms with Crippen LogP contribution >= 0.6 is 24.0 Å². The molecule has 2 N–H and O–H groups in total. The molecule has 1 unspecified atom stereocenters. The molecule has 7 heteroatoms. The molecule has 0 spiro atoms. The molecule has 0 aromatic heterocycles. The van der Waals surface area contributed by atoms with Crippen LogP contribution in [-0.4, -0.2) is 45.3 Å². The predicted octanol–water partition coefficient (Wildman–Crippen LogP) is 2.88. The van der Waals surface area contributed by atoms with Gasteiger partial charge in [-0.1, -0.05) is 6.92 Å². The highest BCUT2D eigenvalue weighted by Gasteiger charge is 2.18. The zero-order valence-electron chi connectivity index (χ0n) is 14.9. The van der Waals surface area contributed by atoms with E-state index in [-0.39, 0.29) is 24.0 Å². The second-order valence-corrected chi connectivity index (χ2v) is 5.88. The quantitative estimate of drug-likeness (QED) is 0.426. The van der Waals surface area contributed by atoms with Crippen molar-refractivity contribution in [1.29, 1.82) is 0 Å². The molecule has 1 aromatic rings. The van der Waals surface area contributed by atoms with E-state index in [2.05, 4.69) is 16.8 Å². The number of piperidine rings is 1. The Bertz CT molecular complexity index is 541. The van der Waals surface area contributed by atoms with Gasteiger partial charge in [-0.2, -0.15) is 0 Å². The minimum absolute atomic E-state index is 0. The summed E-state index contributed by atoms with van der Waals surface area (Å²) in [5.74, 6) is 3.29. The molecule has 0 radical (unpaired) electrons. The van der Waals surface area contributed by atoms with E-state index in [0.717, 1.165) is 25.1 Å². The normalized spacial score (nSPS) is 17.9. The van der Waals surface area contributed by atoms with E-state index < -0.39 is 0 Å². The molecule has 2 rings (SSSR count). The highest BCUT2D eigenvalue weighted by molar-refractivity contribution is 14.0. The molecule has 0 aliphatic carbocycles. The molecule has 1 atom stereocenters. The Labute approximate surface area is 161 Å². The number of hydrogen-bond acceptors (Lipinski definition) is 4. The molecule has 1 fully saturated rings. The van der Waals surface area contributed by atoms with Crippen LogP contribution in [0.15, 0.2) is 17.1 Å². The zero-order valence-corrected chi connectivity index (χ0v) is 17.2. The minimum Gasteiger partial charge on any atom is -0.496 e. The molecule has 1 aliphatic rings. The summed E-state index contributed by atoms with van der Waals surface area (Å²) in [6.07, 6.45) is 2.41. The highest BCUT2D eigenvalue weighted by Crippen LogP contribution is 2.34. The van der Waals surface area contributed by atoms with Crippen molar-refractivity contribution in [1.82, 2.24) is 4.90 Å². The van der Waals surface area contributed by atoms with Gasteiger partial charge in [-0.15, -0.1) is 24.0 Å². The largest absolute Gasteiger partial charge is 0.496 e. The monoisotopic (exact) mass is 449 g/mol. The van der Waals surface area contributed by atoms with E-state index >= 15 is 0 Å². The summed E-state index contributed by atoms with van der Waals surface area (Å²) in [4.78, 5) is 6.69. The number of benzene rings is 1. The van der Waals surface area contributed by atoms with E-state index in [1.165, 1.54) is 6.42 Å². The van der Waals surface area contributed by atoms with Gasteiger partial charge >= 0.3 is 0 Å². The Morgan fingerprint density at radius 1 is 1.21 bits per heavy atom. The van der Waals surface area contributed by atoms with E-state index in [4.69, 9.17) is 19.9 Å². The van der Waals surface area contributed by atoms with Crippen LogP contribution in [0.25, 0.3) is 0 Å².